The highest BCUT2D eigenvalue weighted by Gasteiger charge is 2.15. The Bertz CT molecular complexity index is 621. The number of pyridine rings is 1. The summed E-state index contributed by atoms with van der Waals surface area (Å²) in [5.41, 5.74) is 1.23. The quantitative estimate of drug-likeness (QED) is 0.838. The monoisotopic (exact) mass is 275 g/mol. The molecule has 0 aliphatic heterocycles. The molecule has 1 atom stereocenters. The Morgan fingerprint density at radius 2 is 2.25 bits per heavy atom. The molecule has 0 fully saturated rings. The molecule has 20 heavy (non-hydrogen) atoms. The van der Waals surface area contributed by atoms with E-state index < -0.39 is 5.97 Å². The van der Waals surface area contributed by atoms with E-state index >= 15 is 0 Å². The summed E-state index contributed by atoms with van der Waals surface area (Å²) in [7, 11) is 0. The number of amides is 1. The number of aliphatic carboxylic acids is 1. The molecule has 1 unspecified atom stereocenters. The van der Waals surface area contributed by atoms with Crippen LogP contribution in [0.2, 0.25) is 0 Å². The van der Waals surface area contributed by atoms with Crippen molar-refractivity contribution >= 4 is 17.4 Å². The van der Waals surface area contributed by atoms with Crippen LogP contribution in [0.15, 0.2) is 30.6 Å². The number of rotatable bonds is 6. The molecule has 2 heterocycles. The van der Waals surface area contributed by atoms with Gasteiger partial charge >= 0.3 is 5.97 Å². The van der Waals surface area contributed by atoms with E-state index in [1.807, 2.05) is 25.1 Å². The number of carbonyl (C=O) groups is 2. The highest BCUT2D eigenvalue weighted by Crippen LogP contribution is 2.11. The van der Waals surface area contributed by atoms with Crippen molar-refractivity contribution in [3.63, 3.8) is 0 Å². The van der Waals surface area contributed by atoms with E-state index in [1.165, 1.54) is 6.20 Å². The van der Waals surface area contributed by atoms with Gasteiger partial charge in [0.2, 0.25) is 0 Å². The van der Waals surface area contributed by atoms with E-state index in [9.17, 15) is 9.59 Å². The fourth-order valence-corrected chi connectivity index (χ4v) is 2.05. The van der Waals surface area contributed by atoms with Crippen molar-refractivity contribution in [3.05, 3.63) is 36.2 Å². The minimum absolute atomic E-state index is 0.0571. The molecule has 0 bridgehead atoms. The lowest BCUT2D eigenvalue weighted by Gasteiger charge is -2.12. The van der Waals surface area contributed by atoms with E-state index in [2.05, 4.69) is 10.4 Å². The number of hydrogen-bond acceptors (Lipinski definition) is 3. The molecule has 0 aliphatic rings. The summed E-state index contributed by atoms with van der Waals surface area (Å²) >= 11 is 0. The zero-order chi connectivity index (χ0) is 14.5. The first-order chi connectivity index (χ1) is 9.61. The van der Waals surface area contributed by atoms with Crippen molar-refractivity contribution in [2.45, 2.75) is 19.8 Å². The number of nitrogens with one attached hydrogen (secondary N) is 1. The van der Waals surface area contributed by atoms with Crippen LogP contribution in [0.4, 0.5) is 0 Å². The zero-order valence-corrected chi connectivity index (χ0v) is 11.2. The Labute approximate surface area is 116 Å². The molecule has 2 rings (SSSR count). The molecule has 2 N–H and O–H groups in total. The third-order valence-electron chi connectivity index (χ3n) is 3.26. The van der Waals surface area contributed by atoms with Crippen LogP contribution in [0, 0.1) is 5.92 Å². The Kier molecular flexibility index (Phi) is 4.34. The Morgan fingerprint density at radius 1 is 1.45 bits per heavy atom. The van der Waals surface area contributed by atoms with Gasteiger partial charge in [-0.1, -0.05) is 19.4 Å². The minimum Gasteiger partial charge on any atom is -0.481 e. The second-order valence-electron chi connectivity index (χ2n) is 4.67. The second kappa shape index (κ2) is 6.18. The predicted molar refractivity (Wildman–Crippen MR) is 73.6 cm³/mol. The van der Waals surface area contributed by atoms with Crippen LogP contribution in [0.3, 0.4) is 0 Å². The molecule has 0 saturated carbocycles. The topological polar surface area (TPSA) is 83.7 Å². The molecule has 6 nitrogen and oxygen atoms in total. The minimum atomic E-state index is -0.845. The molecule has 0 aromatic carbocycles. The molecule has 1 amide bonds. The fourth-order valence-electron chi connectivity index (χ4n) is 2.05. The standard InChI is InChI=1S/C14H17N3O3/c1-2-10(7-13(18)19)8-15-14(20)11-9-16-17-6-4-3-5-12(11)17/h3-6,9-10H,2,7-8H2,1H3,(H,15,20)(H,18,19). The lowest BCUT2D eigenvalue weighted by Crippen LogP contribution is -2.30. The van der Waals surface area contributed by atoms with Gasteiger partial charge in [-0.15, -0.1) is 0 Å². The number of carboxylic acid groups (broad SMARTS) is 1. The number of carboxylic acids is 1. The average molecular weight is 275 g/mol. The average Bonchev–Trinajstić information content (AvgIpc) is 2.86. The van der Waals surface area contributed by atoms with Crippen molar-refractivity contribution < 1.29 is 14.7 Å². The molecular weight excluding hydrogens is 258 g/mol. The normalized spacial score (nSPS) is 12.2. The third kappa shape index (κ3) is 3.14. The summed E-state index contributed by atoms with van der Waals surface area (Å²) in [5.74, 6) is -1.13. The van der Waals surface area contributed by atoms with Crippen molar-refractivity contribution in [1.82, 2.24) is 14.9 Å². The van der Waals surface area contributed by atoms with E-state index in [4.69, 9.17) is 5.11 Å². The SMILES string of the molecule is CCC(CNC(=O)c1cnn2ccccc12)CC(=O)O. The molecule has 2 aromatic rings. The van der Waals surface area contributed by atoms with Gasteiger partial charge in [-0.2, -0.15) is 5.10 Å². The van der Waals surface area contributed by atoms with E-state index in [0.29, 0.717) is 18.5 Å². The largest absolute Gasteiger partial charge is 0.481 e. The highest BCUT2D eigenvalue weighted by molar-refractivity contribution is 6.00. The summed E-state index contributed by atoms with van der Waals surface area (Å²) in [6.45, 7) is 2.26. The van der Waals surface area contributed by atoms with Gasteiger partial charge in [0.25, 0.3) is 5.91 Å². The van der Waals surface area contributed by atoms with Gasteiger partial charge in [0, 0.05) is 19.2 Å². The van der Waals surface area contributed by atoms with Crippen LogP contribution >= 0.6 is 0 Å². The number of fused-ring (bicyclic) bond motifs is 1. The molecule has 0 radical (unpaired) electrons. The summed E-state index contributed by atoms with van der Waals surface area (Å²) in [6, 6.07) is 5.49. The van der Waals surface area contributed by atoms with Crippen molar-refractivity contribution in [2.75, 3.05) is 6.54 Å². The van der Waals surface area contributed by atoms with Crippen molar-refractivity contribution in [1.29, 1.82) is 0 Å². The molecule has 106 valence electrons. The van der Waals surface area contributed by atoms with Crippen LogP contribution in [0.25, 0.3) is 5.52 Å². The first-order valence-corrected chi connectivity index (χ1v) is 6.54. The van der Waals surface area contributed by atoms with Crippen LogP contribution in [0.5, 0.6) is 0 Å². The maximum absolute atomic E-state index is 12.1. The zero-order valence-electron chi connectivity index (χ0n) is 11.2. The van der Waals surface area contributed by atoms with Gasteiger partial charge < -0.3 is 10.4 Å². The third-order valence-corrected chi connectivity index (χ3v) is 3.26. The number of hydrogen-bond donors (Lipinski definition) is 2. The summed E-state index contributed by atoms with van der Waals surface area (Å²) in [4.78, 5) is 22.8. The molecule has 0 spiro atoms. The maximum atomic E-state index is 12.1. The molecule has 6 heteroatoms. The van der Waals surface area contributed by atoms with Crippen molar-refractivity contribution in [2.24, 2.45) is 5.92 Å². The van der Waals surface area contributed by atoms with Gasteiger partial charge in [-0.05, 0) is 18.1 Å². The maximum Gasteiger partial charge on any atom is 0.303 e. The molecule has 2 aromatic heterocycles. The summed E-state index contributed by atoms with van der Waals surface area (Å²) < 4.78 is 1.63. The van der Waals surface area contributed by atoms with Gasteiger partial charge in [0.15, 0.2) is 0 Å². The van der Waals surface area contributed by atoms with Crippen LogP contribution in [-0.2, 0) is 4.79 Å². The molecule has 0 saturated heterocycles. The first-order valence-electron chi connectivity index (χ1n) is 6.54. The fraction of sp³-hybridized carbons (Fsp3) is 0.357. The molecular formula is C14H17N3O3. The highest BCUT2D eigenvalue weighted by atomic mass is 16.4. The number of aromatic nitrogens is 2. The van der Waals surface area contributed by atoms with Crippen molar-refractivity contribution in [3.8, 4) is 0 Å². The van der Waals surface area contributed by atoms with Gasteiger partial charge in [-0.25, -0.2) is 4.52 Å². The first kappa shape index (κ1) is 14.0. The summed E-state index contributed by atoms with van der Waals surface area (Å²) in [5, 5.41) is 15.7. The van der Waals surface area contributed by atoms with Crippen LogP contribution in [0.1, 0.15) is 30.1 Å². The van der Waals surface area contributed by atoms with Gasteiger partial charge in [0.1, 0.15) is 0 Å². The number of nitrogens with zero attached hydrogens (tertiary/aromatic N) is 2. The lowest BCUT2D eigenvalue weighted by molar-refractivity contribution is -0.138. The van der Waals surface area contributed by atoms with E-state index in [-0.39, 0.29) is 18.2 Å². The predicted octanol–water partition coefficient (Wildman–Crippen LogP) is 1.56. The van der Waals surface area contributed by atoms with E-state index in [0.717, 1.165) is 5.52 Å². The lowest BCUT2D eigenvalue weighted by atomic mass is 10.0. The van der Waals surface area contributed by atoms with Crippen LogP contribution in [-0.4, -0.2) is 33.1 Å². The Morgan fingerprint density at radius 3 is 2.95 bits per heavy atom. The smallest absolute Gasteiger partial charge is 0.303 e. The van der Waals surface area contributed by atoms with Gasteiger partial charge in [-0.3, -0.25) is 9.59 Å². The van der Waals surface area contributed by atoms with Gasteiger partial charge in [0.05, 0.1) is 17.3 Å². The Balaban J connectivity index is 2.03. The second-order valence-corrected chi connectivity index (χ2v) is 4.67. The summed E-state index contributed by atoms with van der Waals surface area (Å²) in [6.07, 6.45) is 4.06. The van der Waals surface area contributed by atoms with E-state index in [1.54, 1.807) is 10.7 Å². The molecule has 0 aliphatic carbocycles. The Hall–Kier alpha value is -2.37. The van der Waals surface area contributed by atoms with Crippen LogP contribution < -0.4 is 5.32 Å². The number of carbonyl (C=O) groups excluding carboxylic acids is 1.